The van der Waals surface area contributed by atoms with Gasteiger partial charge in [-0.2, -0.15) is 0 Å². The second-order valence-electron chi connectivity index (χ2n) is 6.79. The Morgan fingerprint density at radius 2 is 1.74 bits per heavy atom. The van der Waals surface area contributed by atoms with Crippen molar-refractivity contribution >= 4 is 29.2 Å². The van der Waals surface area contributed by atoms with E-state index in [0.29, 0.717) is 19.6 Å². The van der Waals surface area contributed by atoms with Crippen LogP contribution in [-0.4, -0.2) is 73.3 Å². The molecule has 5 nitrogen and oxygen atoms in total. The van der Waals surface area contributed by atoms with Gasteiger partial charge >= 0.3 is 0 Å². The normalized spacial score (nSPS) is 15.3. The third-order valence-corrected chi connectivity index (χ3v) is 5.72. The van der Waals surface area contributed by atoms with Gasteiger partial charge in [-0.25, -0.2) is 0 Å². The van der Waals surface area contributed by atoms with E-state index in [2.05, 4.69) is 23.1 Å². The lowest BCUT2D eigenvalue weighted by molar-refractivity contribution is -0.131. The molecule has 0 bridgehead atoms. The van der Waals surface area contributed by atoms with Crippen LogP contribution in [-0.2, 0) is 9.59 Å². The zero-order valence-electron chi connectivity index (χ0n) is 15.8. The van der Waals surface area contributed by atoms with Crippen molar-refractivity contribution in [1.29, 1.82) is 0 Å². The molecule has 0 aliphatic carbocycles. The molecule has 142 valence electrons. The highest BCUT2D eigenvalue weighted by Gasteiger charge is 2.21. The van der Waals surface area contributed by atoms with Crippen molar-refractivity contribution in [3.8, 4) is 10.4 Å². The largest absolute Gasteiger partial charge is 0.348 e. The molecular weight excluding hydrogens is 358 g/mol. The maximum Gasteiger partial charge on any atom is 0.246 e. The van der Waals surface area contributed by atoms with Gasteiger partial charge in [0.05, 0.1) is 6.54 Å². The number of hydrogen-bond donors (Lipinski definition) is 0. The van der Waals surface area contributed by atoms with Crippen molar-refractivity contribution in [2.24, 2.45) is 0 Å². The number of carbonyl (C=O) groups is 2. The fraction of sp³-hybridized carbons (Fsp3) is 0.333. The maximum absolute atomic E-state index is 12.4. The summed E-state index contributed by atoms with van der Waals surface area (Å²) in [6.07, 6.45) is 3.54. The molecule has 1 fully saturated rings. The SMILES string of the molecule is CN(C)C(=O)CN1CCN(C(=O)/C=C/c2ccc(-c3ccccc3)s2)CC1. The Morgan fingerprint density at radius 3 is 2.41 bits per heavy atom. The average Bonchev–Trinajstić information content (AvgIpc) is 3.16. The van der Waals surface area contributed by atoms with Crippen LogP contribution in [0.15, 0.2) is 48.5 Å². The topological polar surface area (TPSA) is 43.9 Å². The summed E-state index contributed by atoms with van der Waals surface area (Å²) in [6, 6.07) is 14.4. The Labute approximate surface area is 164 Å². The van der Waals surface area contributed by atoms with Crippen LogP contribution in [0, 0.1) is 0 Å². The predicted molar refractivity (Wildman–Crippen MR) is 111 cm³/mol. The van der Waals surface area contributed by atoms with Crippen LogP contribution < -0.4 is 0 Å². The molecule has 1 aromatic heterocycles. The molecule has 2 aromatic rings. The molecule has 27 heavy (non-hydrogen) atoms. The first-order valence-corrected chi connectivity index (χ1v) is 9.89. The molecule has 0 N–H and O–H groups in total. The first kappa shape index (κ1) is 19.3. The number of likely N-dealkylation sites (N-methyl/N-ethyl adjacent to an activating group) is 1. The van der Waals surface area contributed by atoms with Crippen LogP contribution in [0.5, 0.6) is 0 Å². The minimum Gasteiger partial charge on any atom is -0.348 e. The molecule has 0 radical (unpaired) electrons. The van der Waals surface area contributed by atoms with Gasteiger partial charge in [0, 0.05) is 56.1 Å². The standard InChI is InChI=1S/C21H25N3O2S/c1-22(2)21(26)16-23-12-14-24(15-13-23)20(25)11-9-18-8-10-19(27-18)17-6-4-3-5-7-17/h3-11H,12-16H2,1-2H3/b11-9+. The van der Waals surface area contributed by atoms with Gasteiger partial charge in [-0.05, 0) is 23.8 Å². The number of thiophene rings is 1. The minimum atomic E-state index is 0.0308. The smallest absolute Gasteiger partial charge is 0.246 e. The van der Waals surface area contributed by atoms with E-state index in [4.69, 9.17) is 0 Å². The molecule has 6 heteroatoms. The molecule has 0 atom stereocenters. The molecule has 0 unspecified atom stereocenters. The number of piperazine rings is 1. The maximum atomic E-state index is 12.4. The van der Waals surface area contributed by atoms with Crippen LogP contribution in [0.1, 0.15) is 4.88 Å². The number of hydrogen-bond acceptors (Lipinski definition) is 4. The van der Waals surface area contributed by atoms with Crippen LogP contribution in [0.25, 0.3) is 16.5 Å². The molecule has 1 aliphatic heterocycles. The van der Waals surface area contributed by atoms with Crippen molar-refractivity contribution < 1.29 is 9.59 Å². The second-order valence-corrected chi connectivity index (χ2v) is 7.91. The molecular formula is C21H25N3O2S. The lowest BCUT2D eigenvalue weighted by Crippen LogP contribution is -2.50. The number of amides is 2. The summed E-state index contributed by atoms with van der Waals surface area (Å²) in [7, 11) is 3.53. The van der Waals surface area contributed by atoms with Crippen molar-refractivity contribution in [3.05, 3.63) is 53.4 Å². The molecule has 0 saturated carbocycles. The van der Waals surface area contributed by atoms with Gasteiger partial charge in [-0.15, -0.1) is 11.3 Å². The highest BCUT2D eigenvalue weighted by Crippen LogP contribution is 2.28. The van der Waals surface area contributed by atoms with Crippen molar-refractivity contribution in [1.82, 2.24) is 14.7 Å². The monoisotopic (exact) mass is 383 g/mol. The van der Waals surface area contributed by atoms with Gasteiger partial charge in [-0.1, -0.05) is 30.3 Å². The van der Waals surface area contributed by atoms with E-state index in [1.807, 2.05) is 35.2 Å². The summed E-state index contributed by atoms with van der Waals surface area (Å²) >= 11 is 1.68. The second kappa shape index (κ2) is 8.97. The van der Waals surface area contributed by atoms with E-state index in [9.17, 15) is 9.59 Å². The molecule has 1 aromatic carbocycles. The third-order valence-electron chi connectivity index (χ3n) is 4.62. The molecule has 3 rings (SSSR count). The molecule has 2 amide bonds. The summed E-state index contributed by atoms with van der Waals surface area (Å²) in [6.45, 7) is 3.20. The first-order valence-electron chi connectivity index (χ1n) is 9.07. The fourth-order valence-corrected chi connectivity index (χ4v) is 3.83. The van der Waals surface area contributed by atoms with Gasteiger partial charge in [0.25, 0.3) is 0 Å². The molecule has 2 heterocycles. The number of carbonyl (C=O) groups excluding carboxylic acids is 2. The van der Waals surface area contributed by atoms with Gasteiger partial charge in [0.1, 0.15) is 0 Å². The van der Waals surface area contributed by atoms with Crippen LogP contribution >= 0.6 is 11.3 Å². The zero-order valence-corrected chi connectivity index (χ0v) is 16.6. The zero-order chi connectivity index (χ0) is 19.2. The summed E-state index contributed by atoms with van der Waals surface area (Å²) < 4.78 is 0. The Morgan fingerprint density at radius 1 is 1.04 bits per heavy atom. The van der Waals surface area contributed by atoms with Crippen molar-refractivity contribution in [2.45, 2.75) is 0 Å². The molecule has 1 saturated heterocycles. The van der Waals surface area contributed by atoms with E-state index in [0.717, 1.165) is 18.0 Å². The van der Waals surface area contributed by atoms with Gasteiger partial charge in [-0.3, -0.25) is 14.5 Å². The summed E-state index contributed by atoms with van der Waals surface area (Å²) in [5, 5.41) is 0. The Hall–Kier alpha value is -2.44. The fourth-order valence-electron chi connectivity index (χ4n) is 2.92. The van der Waals surface area contributed by atoms with Crippen molar-refractivity contribution in [3.63, 3.8) is 0 Å². The van der Waals surface area contributed by atoms with E-state index in [1.165, 1.54) is 10.4 Å². The van der Waals surface area contributed by atoms with Gasteiger partial charge in [0.2, 0.25) is 11.8 Å². The minimum absolute atomic E-state index is 0.0308. The number of benzene rings is 1. The first-order chi connectivity index (χ1) is 13.0. The Kier molecular flexibility index (Phi) is 6.42. The number of rotatable bonds is 5. The third kappa shape index (κ3) is 5.28. The Balaban J connectivity index is 1.51. The van der Waals surface area contributed by atoms with E-state index in [1.54, 1.807) is 36.4 Å². The number of nitrogens with zero attached hydrogens (tertiary/aromatic N) is 3. The van der Waals surface area contributed by atoms with Gasteiger partial charge < -0.3 is 9.80 Å². The van der Waals surface area contributed by atoms with Crippen LogP contribution in [0.3, 0.4) is 0 Å². The molecule has 0 spiro atoms. The van der Waals surface area contributed by atoms with Gasteiger partial charge in [0.15, 0.2) is 0 Å². The predicted octanol–water partition coefficient (Wildman–Crippen LogP) is 2.66. The van der Waals surface area contributed by atoms with E-state index >= 15 is 0 Å². The quantitative estimate of drug-likeness (QED) is 0.746. The summed E-state index contributed by atoms with van der Waals surface area (Å²) in [4.78, 5) is 32.0. The van der Waals surface area contributed by atoms with Crippen LogP contribution in [0.2, 0.25) is 0 Å². The summed E-state index contributed by atoms with van der Waals surface area (Å²) in [5.74, 6) is 0.129. The van der Waals surface area contributed by atoms with Crippen LogP contribution in [0.4, 0.5) is 0 Å². The van der Waals surface area contributed by atoms with Crippen molar-refractivity contribution in [2.75, 3.05) is 46.8 Å². The van der Waals surface area contributed by atoms with E-state index in [-0.39, 0.29) is 11.8 Å². The Bertz CT molecular complexity index is 806. The highest BCUT2D eigenvalue weighted by molar-refractivity contribution is 7.16. The average molecular weight is 384 g/mol. The lowest BCUT2D eigenvalue weighted by Gasteiger charge is -2.34. The van der Waals surface area contributed by atoms with E-state index < -0.39 is 0 Å². The molecule has 1 aliphatic rings. The lowest BCUT2D eigenvalue weighted by atomic mass is 10.2. The highest BCUT2D eigenvalue weighted by atomic mass is 32.1. The summed E-state index contributed by atoms with van der Waals surface area (Å²) in [5.41, 5.74) is 1.19.